The van der Waals surface area contributed by atoms with E-state index in [0.717, 1.165) is 5.75 Å². The van der Waals surface area contributed by atoms with E-state index in [9.17, 15) is 9.59 Å². The van der Waals surface area contributed by atoms with Crippen LogP contribution in [0.15, 0.2) is 72.1 Å². The van der Waals surface area contributed by atoms with Crippen molar-refractivity contribution < 1.29 is 19.1 Å². The summed E-state index contributed by atoms with van der Waals surface area (Å²) in [6.07, 6.45) is 0. The SMILES string of the molecule is O=C(NC(=S)NNC(=O)c1cccs1)c1ccc(OCCOc2ccccc2)cc1. The van der Waals surface area contributed by atoms with Crippen LogP contribution in [0.25, 0.3) is 0 Å². The van der Waals surface area contributed by atoms with E-state index in [1.54, 1.807) is 41.8 Å². The van der Waals surface area contributed by atoms with Crippen LogP contribution in [0.2, 0.25) is 0 Å². The maximum Gasteiger partial charge on any atom is 0.279 e. The first-order valence-corrected chi connectivity index (χ1v) is 10.3. The number of ether oxygens (including phenoxy) is 2. The highest BCUT2D eigenvalue weighted by Gasteiger charge is 2.10. The molecule has 0 aliphatic heterocycles. The third-order valence-electron chi connectivity index (χ3n) is 3.74. The molecule has 3 N–H and O–H groups in total. The molecule has 0 saturated heterocycles. The first-order valence-electron chi connectivity index (χ1n) is 8.98. The zero-order valence-electron chi connectivity index (χ0n) is 15.8. The van der Waals surface area contributed by atoms with E-state index in [4.69, 9.17) is 21.7 Å². The number of thiophene rings is 1. The maximum absolute atomic E-state index is 12.2. The summed E-state index contributed by atoms with van der Waals surface area (Å²) < 4.78 is 11.2. The van der Waals surface area contributed by atoms with Crippen molar-refractivity contribution >= 4 is 40.5 Å². The Balaban J connectivity index is 1.38. The van der Waals surface area contributed by atoms with Crippen LogP contribution in [0.3, 0.4) is 0 Å². The molecule has 3 aromatic rings. The maximum atomic E-state index is 12.2. The number of thiocarbonyl (C=S) groups is 1. The molecule has 30 heavy (non-hydrogen) atoms. The van der Waals surface area contributed by atoms with Crippen LogP contribution >= 0.6 is 23.6 Å². The molecule has 0 aliphatic carbocycles. The van der Waals surface area contributed by atoms with E-state index in [2.05, 4.69) is 16.2 Å². The summed E-state index contributed by atoms with van der Waals surface area (Å²) in [6, 6.07) is 19.5. The van der Waals surface area contributed by atoms with Gasteiger partial charge in [0.25, 0.3) is 11.8 Å². The van der Waals surface area contributed by atoms with Crippen LogP contribution < -0.4 is 25.6 Å². The van der Waals surface area contributed by atoms with Gasteiger partial charge in [0.1, 0.15) is 24.7 Å². The second-order valence-electron chi connectivity index (χ2n) is 5.87. The number of para-hydroxylation sites is 1. The Bertz CT molecular complexity index is 977. The minimum Gasteiger partial charge on any atom is -0.490 e. The van der Waals surface area contributed by atoms with Crippen molar-refractivity contribution in [3.05, 3.63) is 82.6 Å². The molecule has 0 spiro atoms. The third kappa shape index (κ3) is 6.57. The van der Waals surface area contributed by atoms with Gasteiger partial charge in [0.2, 0.25) is 0 Å². The molecular formula is C21H19N3O4S2. The Morgan fingerprint density at radius 1 is 0.800 bits per heavy atom. The molecule has 3 rings (SSSR count). The number of rotatable bonds is 7. The van der Waals surface area contributed by atoms with Gasteiger partial charge in [0.05, 0.1) is 4.88 Å². The highest BCUT2D eigenvalue weighted by Crippen LogP contribution is 2.13. The fraction of sp³-hybridized carbons (Fsp3) is 0.0952. The van der Waals surface area contributed by atoms with Crippen molar-refractivity contribution in [2.24, 2.45) is 0 Å². The molecule has 0 unspecified atom stereocenters. The summed E-state index contributed by atoms with van der Waals surface area (Å²) in [6.45, 7) is 0.780. The predicted molar refractivity (Wildman–Crippen MR) is 119 cm³/mol. The van der Waals surface area contributed by atoms with Crippen LogP contribution in [0, 0.1) is 0 Å². The molecule has 9 heteroatoms. The lowest BCUT2D eigenvalue weighted by molar-refractivity contribution is 0.0938. The summed E-state index contributed by atoms with van der Waals surface area (Å²) in [5, 5.41) is 4.28. The topological polar surface area (TPSA) is 88.7 Å². The molecule has 0 atom stereocenters. The number of hydrogen-bond donors (Lipinski definition) is 3. The average molecular weight is 442 g/mol. The predicted octanol–water partition coefficient (Wildman–Crippen LogP) is 3.16. The Morgan fingerprint density at radius 2 is 1.47 bits per heavy atom. The summed E-state index contributed by atoms with van der Waals surface area (Å²) >= 11 is 6.32. The normalized spacial score (nSPS) is 10.0. The molecular weight excluding hydrogens is 422 g/mol. The van der Waals surface area contributed by atoms with Crippen molar-refractivity contribution in [3.63, 3.8) is 0 Å². The molecule has 0 radical (unpaired) electrons. The lowest BCUT2D eigenvalue weighted by Crippen LogP contribution is -2.48. The molecule has 0 aliphatic rings. The van der Waals surface area contributed by atoms with Crippen LogP contribution in [-0.4, -0.2) is 30.1 Å². The number of carbonyl (C=O) groups excluding carboxylic acids is 2. The second-order valence-corrected chi connectivity index (χ2v) is 7.23. The van der Waals surface area contributed by atoms with Gasteiger partial charge in [-0.2, -0.15) is 0 Å². The fourth-order valence-corrected chi connectivity index (χ4v) is 3.09. The van der Waals surface area contributed by atoms with Crippen molar-refractivity contribution in [3.8, 4) is 11.5 Å². The first-order chi connectivity index (χ1) is 14.6. The van der Waals surface area contributed by atoms with Crippen molar-refractivity contribution in [2.45, 2.75) is 0 Å². The van der Waals surface area contributed by atoms with E-state index in [1.807, 2.05) is 30.3 Å². The Morgan fingerprint density at radius 3 is 2.10 bits per heavy atom. The number of benzene rings is 2. The van der Waals surface area contributed by atoms with Crippen LogP contribution in [0.1, 0.15) is 20.0 Å². The summed E-state index contributed by atoms with van der Waals surface area (Å²) in [5.41, 5.74) is 5.32. The van der Waals surface area contributed by atoms with Gasteiger partial charge in [-0.05, 0) is 60.1 Å². The first kappa shape index (κ1) is 21.3. The van der Waals surface area contributed by atoms with Crippen molar-refractivity contribution in [1.82, 2.24) is 16.2 Å². The Kier molecular flexibility index (Phi) is 7.76. The lowest BCUT2D eigenvalue weighted by Gasteiger charge is -2.11. The van der Waals surface area contributed by atoms with Gasteiger partial charge in [-0.15, -0.1) is 11.3 Å². The van der Waals surface area contributed by atoms with Gasteiger partial charge in [-0.1, -0.05) is 24.3 Å². The highest BCUT2D eigenvalue weighted by atomic mass is 32.1. The highest BCUT2D eigenvalue weighted by molar-refractivity contribution is 7.80. The van der Waals surface area contributed by atoms with E-state index in [1.165, 1.54) is 11.3 Å². The molecule has 2 aromatic carbocycles. The zero-order valence-corrected chi connectivity index (χ0v) is 17.4. The number of nitrogens with one attached hydrogen (secondary N) is 3. The van der Waals surface area contributed by atoms with E-state index < -0.39 is 5.91 Å². The molecule has 0 fully saturated rings. The zero-order chi connectivity index (χ0) is 21.2. The number of carbonyl (C=O) groups is 2. The monoisotopic (exact) mass is 441 g/mol. The van der Waals surface area contributed by atoms with Gasteiger partial charge < -0.3 is 9.47 Å². The molecule has 0 saturated carbocycles. The molecule has 7 nitrogen and oxygen atoms in total. The summed E-state index contributed by atoms with van der Waals surface area (Å²) in [7, 11) is 0. The van der Waals surface area contributed by atoms with Gasteiger partial charge >= 0.3 is 0 Å². The van der Waals surface area contributed by atoms with Gasteiger partial charge in [0.15, 0.2) is 5.11 Å². The summed E-state index contributed by atoms with van der Waals surface area (Å²) in [4.78, 5) is 24.6. The standard InChI is InChI=1S/C21H19N3O4S2/c25-19(22-21(29)24-23-20(26)18-7-4-14-30-18)15-8-10-17(11-9-15)28-13-12-27-16-5-2-1-3-6-16/h1-11,14H,12-13H2,(H,23,26)(H2,22,24,25,29). The van der Waals surface area contributed by atoms with Crippen molar-refractivity contribution in [2.75, 3.05) is 13.2 Å². The van der Waals surface area contributed by atoms with E-state index in [-0.39, 0.29) is 11.0 Å². The Labute approximate surface area is 183 Å². The Hall–Kier alpha value is -3.43. The van der Waals surface area contributed by atoms with Crippen molar-refractivity contribution in [1.29, 1.82) is 0 Å². The minimum absolute atomic E-state index is 0.0108. The molecule has 2 amide bonds. The third-order valence-corrected chi connectivity index (χ3v) is 4.81. The largest absolute Gasteiger partial charge is 0.490 e. The summed E-state index contributed by atoms with van der Waals surface area (Å²) in [5.74, 6) is 0.660. The minimum atomic E-state index is -0.406. The fourth-order valence-electron chi connectivity index (χ4n) is 2.33. The van der Waals surface area contributed by atoms with Gasteiger partial charge in [-0.25, -0.2) is 0 Å². The van der Waals surface area contributed by atoms with Crippen LogP contribution in [0.4, 0.5) is 0 Å². The average Bonchev–Trinajstić information content (AvgIpc) is 3.31. The molecule has 154 valence electrons. The quantitative estimate of drug-likeness (QED) is 0.297. The smallest absolute Gasteiger partial charge is 0.279 e. The second kappa shape index (κ2) is 10.9. The van der Waals surface area contributed by atoms with Crippen LogP contribution in [0.5, 0.6) is 11.5 Å². The van der Waals surface area contributed by atoms with Gasteiger partial charge in [0, 0.05) is 5.56 Å². The number of hydrogen-bond acceptors (Lipinski definition) is 6. The van der Waals surface area contributed by atoms with E-state index >= 15 is 0 Å². The van der Waals surface area contributed by atoms with Gasteiger partial charge in [-0.3, -0.25) is 25.8 Å². The molecule has 0 bridgehead atoms. The van der Waals surface area contributed by atoms with E-state index in [0.29, 0.717) is 29.4 Å². The lowest BCUT2D eigenvalue weighted by atomic mass is 10.2. The number of hydrazine groups is 1. The molecule has 1 aromatic heterocycles. The number of amides is 2. The van der Waals surface area contributed by atoms with Crippen LogP contribution in [-0.2, 0) is 0 Å². The molecule has 1 heterocycles.